The van der Waals surface area contributed by atoms with Gasteiger partial charge in [0, 0.05) is 17.8 Å². The third-order valence-electron chi connectivity index (χ3n) is 5.21. The largest absolute Gasteiger partial charge is 0.483 e. The number of anilines is 1. The van der Waals surface area contributed by atoms with E-state index in [2.05, 4.69) is 16.9 Å². The predicted molar refractivity (Wildman–Crippen MR) is 121 cm³/mol. The quantitative estimate of drug-likeness (QED) is 0.606. The molecule has 3 aromatic rings. The molecule has 158 valence electrons. The molecule has 6 heteroatoms. The summed E-state index contributed by atoms with van der Waals surface area (Å²) in [5.41, 5.74) is 9.16. The van der Waals surface area contributed by atoms with Gasteiger partial charge >= 0.3 is 0 Å². The summed E-state index contributed by atoms with van der Waals surface area (Å²) >= 11 is 0. The van der Waals surface area contributed by atoms with Crippen LogP contribution in [-0.4, -0.2) is 31.5 Å². The summed E-state index contributed by atoms with van der Waals surface area (Å²) < 4.78 is 5.71. The summed E-state index contributed by atoms with van der Waals surface area (Å²) in [6.45, 7) is 0.809. The first-order valence-electron chi connectivity index (χ1n) is 10.4. The van der Waals surface area contributed by atoms with Crippen LogP contribution in [0, 0.1) is 0 Å². The summed E-state index contributed by atoms with van der Waals surface area (Å²) in [5, 5.41) is 0. The van der Waals surface area contributed by atoms with Crippen molar-refractivity contribution >= 4 is 17.5 Å². The molecule has 3 aromatic carbocycles. The van der Waals surface area contributed by atoms with E-state index in [1.807, 2.05) is 77.7 Å². The number of hydrazine groups is 1. The molecular formula is C25H25N3O3. The van der Waals surface area contributed by atoms with Crippen molar-refractivity contribution in [1.82, 2.24) is 10.9 Å². The lowest BCUT2D eigenvalue weighted by Gasteiger charge is -2.30. The average molecular weight is 415 g/mol. The molecule has 0 saturated heterocycles. The Balaban J connectivity index is 1.28. The van der Waals surface area contributed by atoms with Crippen molar-refractivity contribution in [2.45, 2.75) is 12.8 Å². The van der Waals surface area contributed by atoms with Crippen LogP contribution in [0.4, 0.5) is 5.69 Å². The Morgan fingerprint density at radius 1 is 0.839 bits per heavy atom. The number of benzene rings is 3. The Hall–Kier alpha value is -3.80. The SMILES string of the molecule is O=C(COc1ccccc1-c1ccccc1)NNC(=O)CN1CCCc2ccccc21. The van der Waals surface area contributed by atoms with Gasteiger partial charge in [-0.2, -0.15) is 0 Å². The van der Waals surface area contributed by atoms with E-state index in [0.717, 1.165) is 36.2 Å². The van der Waals surface area contributed by atoms with Crippen LogP contribution in [0.3, 0.4) is 0 Å². The molecule has 1 aliphatic rings. The second-order valence-corrected chi connectivity index (χ2v) is 7.40. The van der Waals surface area contributed by atoms with Crippen LogP contribution >= 0.6 is 0 Å². The molecule has 0 unspecified atom stereocenters. The van der Waals surface area contributed by atoms with Crippen molar-refractivity contribution in [3.63, 3.8) is 0 Å². The van der Waals surface area contributed by atoms with Gasteiger partial charge in [-0.1, -0.05) is 66.7 Å². The summed E-state index contributed by atoms with van der Waals surface area (Å²) in [6.07, 6.45) is 2.03. The first kappa shape index (κ1) is 20.5. The number of para-hydroxylation sites is 2. The van der Waals surface area contributed by atoms with Crippen LogP contribution in [0.5, 0.6) is 5.75 Å². The van der Waals surface area contributed by atoms with Crippen LogP contribution in [0.25, 0.3) is 11.1 Å². The molecular weight excluding hydrogens is 390 g/mol. The van der Waals surface area contributed by atoms with Gasteiger partial charge in [0.1, 0.15) is 5.75 Å². The molecule has 1 aliphatic heterocycles. The molecule has 6 nitrogen and oxygen atoms in total. The fourth-order valence-electron chi connectivity index (χ4n) is 3.76. The minimum absolute atomic E-state index is 0.189. The van der Waals surface area contributed by atoms with Crippen molar-refractivity contribution in [3.8, 4) is 16.9 Å². The summed E-state index contributed by atoms with van der Waals surface area (Å²) in [7, 11) is 0. The predicted octanol–water partition coefficient (Wildman–Crippen LogP) is 3.33. The summed E-state index contributed by atoms with van der Waals surface area (Å²) in [4.78, 5) is 26.6. The van der Waals surface area contributed by atoms with Gasteiger partial charge in [0.2, 0.25) is 0 Å². The Kier molecular flexibility index (Phi) is 6.47. The number of aryl methyl sites for hydroxylation is 1. The highest BCUT2D eigenvalue weighted by molar-refractivity contribution is 5.85. The lowest BCUT2D eigenvalue weighted by atomic mass is 10.0. The molecule has 0 spiro atoms. The second-order valence-electron chi connectivity index (χ2n) is 7.40. The van der Waals surface area contributed by atoms with Gasteiger partial charge in [-0.05, 0) is 36.1 Å². The van der Waals surface area contributed by atoms with Crippen LogP contribution in [0.15, 0.2) is 78.9 Å². The number of carbonyl (C=O) groups excluding carboxylic acids is 2. The van der Waals surface area contributed by atoms with E-state index < -0.39 is 5.91 Å². The number of hydrogen-bond donors (Lipinski definition) is 2. The van der Waals surface area contributed by atoms with Gasteiger partial charge in [-0.15, -0.1) is 0 Å². The summed E-state index contributed by atoms with van der Waals surface area (Å²) in [6, 6.07) is 25.5. The van der Waals surface area contributed by atoms with E-state index in [4.69, 9.17) is 4.74 Å². The topological polar surface area (TPSA) is 70.7 Å². The lowest BCUT2D eigenvalue weighted by Crippen LogP contribution is -2.48. The van der Waals surface area contributed by atoms with Gasteiger partial charge < -0.3 is 9.64 Å². The Bertz CT molecular complexity index is 1050. The lowest BCUT2D eigenvalue weighted by molar-refractivity contribution is -0.129. The van der Waals surface area contributed by atoms with E-state index in [-0.39, 0.29) is 19.1 Å². The van der Waals surface area contributed by atoms with Crippen molar-refractivity contribution in [1.29, 1.82) is 0 Å². The Labute approximate surface area is 181 Å². The van der Waals surface area contributed by atoms with Crippen molar-refractivity contribution in [3.05, 3.63) is 84.4 Å². The van der Waals surface area contributed by atoms with Gasteiger partial charge in [0.15, 0.2) is 6.61 Å². The summed E-state index contributed by atoms with van der Waals surface area (Å²) in [5.74, 6) is -0.0786. The second kappa shape index (κ2) is 9.80. The number of carbonyl (C=O) groups is 2. The molecule has 0 aliphatic carbocycles. The fraction of sp³-hybridized carbons (Fsp3) is 0.200. The molecule has 1 heterocycles. The highest BCUT2D eigenvalue weighted by atomic mass is 16.5. The van der Waals surface area contributed by atoms with Gasteiger partial charge in [0.05, 0.1) is 6.54 Å². The van der Waals surface area contributed by atoms with Crippen LogP contribution in [0.1, 0.15) is 12.0 Å². The van der Waals surface area contributed by atoms with Crippen molar-refractivity contribution in [2.24, 2.45) is 0 Å². The van der Waals surface area contributed by atoms with Crippen molar-refractivity contribution < 1.29 is 14.3 Å². The highest BCUT2D eigenvalue weighted by Gasteiger charge is 2.19. The molecule has 0 radical (unpaired) electrons. The minimum atomic E-state index is -0.421. The zero-order chi connectivity index (χ0) is 21.5. The fourth-order valence-corrected chi connectivity index (χ4v) is 3.76. The van der Waals surface area contributed by atoms with E-state index in [1.165, 1.54) is 5.56 Å². The molecule has 4 rings (SSSR count). The van der Waals surface area contributed by atoms with Crippen molar-refractivity contribution in [2.75, 3.05) is 24.6 Å². The van der Waals surface area contributed by atoms with E-state index in [9.17, 15) is 9.59 Å². The monoisotopic (exact) mass is 415 g/mol. The van der Waals surface area contributed by atoms with E-state index in [1.54, 1.807) is 0 Å². The maximum Gasteiger partial charge on any atom is 0.276 e. The standard InChI is InChI=1S/C25H25N3O3/c29-24(17-28-16-8-12-20-11-4-6-14-22(20)28)26-27-25(30)18-31-23-15-7-5-13-21(23)19-9-2-1-3-10-19/h1-7,9-11,13-15H,8,12,16-18H2,(H,26,29)(H,27,30). The third-order valence-corrected chi connectivity index (χ3v) is 5.21. The Morgan fingerprint density at radius 3 is 2.42 bits per heavy atom. The average Bonchev–Trinajstić information content (AvgIpc) is 2.82. The first-order chi connectivity index (χ1) is 15.2. The smallest absolute Gasteiger partial charge is 0.276 e. The minimum Gasteiger partial charge on any atom is -0.483 e. The van der Waals surface area contributed by atoms with Gasteiger partial charge in [0.25, 0.3) is 11.8 Å². The van der Waals surface area contributed by atoms with Crippen LogP contribution in [0.2, 0.25) is 0 Å². The molecule has 0 saturated carbocycles. The number of ether oxygens (including phenoxy) is 1. The van der Waals surface area contributed by atoms with E-state index in [0.29, 0.717) is 5.75 Å². The highest BCUT2D eigenvalue weighted by Crippen LogP contribution is 2.29. The molecule has 31 heavy (non-hydrogen) atoms. The van der Waals surface area contributed by atoms with Crippen LogP contribution < -0.4 is 20.5 Å². The zero-order valence-corrected chi connectivity index (χ0v) is 17.2. The van der Waals surface area contributed by atoms with Crippen LogP contribution in [-0.2, 0) is 16.0 Å². The normalized spacial score (nSPS) is 12.6. The maximum atomic E-state index is 12.3. The third kappa shape index (κ3) is 5.22. The molecule has 0 atom stereocenters. The number of rotatable bonds is 6. The molecule has 0 fully saturated rings. The Morgan fingerprint density at radius 2 is 1.55 bits per heavy atom. The molecule has 2 amide bonds. The number of fused-ring (bicyclic) bond motifs is 1. The molecule has 0 aromatic heterocycles. The maximum absolute atomic E-state index is 12.3. The molecule has 0 bridgehead atoms. The number of amides is 2. The number of hydrogen-bond acceptors (Lipinski definition) is 4. The first-order valence-corrected chi connectivity index (χ1v) is 10.4. The molecule has 2 N–H and O–H groups in total. The number of nitrogens with zero attached hydrogens (tertiary/aromatic N) is 1. The number of nitrogens with one attached hydrogen (secondary N) is 2. The zero-order valence-electron chi connectivity index (χ0n) is 17.2. The van der Waals surface area contributed by atoms with Gasteiger partial charge in [-0.3, -0.25) is 20.4 Å². The van der Waals surface area contributed by atoms with Gasteiger partial charge in [-0.25, -0.2) is 0 Å². The van der Waals surface area contributed by atoms with E-state index >= 15 is 0 Å².